The molecule has 4 rings (SSSR count). The molecule has 29 heavy (non-hydrogen) atoms. The Hall–Kier alpha value is -3.11. The Labute approximate surface area is 171 Å². The van der Waals surface area contributed by atoms with Crippen LogP contribution in [0.3, 0.4) is 0 Å². The average molecular weight is 386 g/mol. The normalized spacial score (nSPS) is 14.5. The van der Waals surface area contributed by atoms with Crippen LogP contribution in [-0.4, -0.2) is 35.7 Å². The number of aromatic nitrogens is 1. The second-order valence-corrected chi connectivity index (χ2v) is 7.30. The van der Waals surface area contributed by atoms with Crippen molar-refractivity contribution in [1.29, 1.82) is 0 Å². The van der Waals surface area contributed by atoms with E-state index in [0.29, 0.717) is 6.61 Å². The fraction of sp³-hybridized carbons (Fsp3) is 0.240. The third-order valence-corrected chi connectivity index (χ3v) is 5.20. The molecule has 0 bridgehead atoms. The molecule has 0 spiro atoms. The lowest BCUT2D eigenvalue weighted by Gasteiger charge is -2.15. The first-order valence-electron chi connectivity index (χ1n) is 10.2. The Balaban J connectivity index is 1.38. The molecule has 2 aromatic carbocycles. The zero-order chi connectivity index (χ0) is 19.9. The summed E-state index contributed by atoms with van der Waals surface area (Å²) >= 11 is 0. The van der Waals surface area contributed by atoms with Crippen molar-refractivity contribution in [1.82, 2.24) is 9.47 Å². The Kier molecular flexibility index (Phi) is 6.22. The van der Waals surface area contributed by atoms with Gasteiger partial charge in [0.25, 0.3) is 5.56 Å². The van der Waals surface area contributed by atoms with E-state index in [9.17, 15) is 4.79 Å². The van der Waals surface area contributed by atoms with Crippen molar-refractivity contribution in [3.8, 4) is 11.4 Å². The van der Waals surface area contributed by atoms with Crippen LogP contribution in [0.4, 0.5) is 0 Å². The molecule has 4 nitrogen and oxygen atoms in total. The number of likely N-dealkylation sites (tertiary alicyclic amines) is 1. The zero-order valence-electron chi connectivity index (χ0n) is 16.5. The first-order chi connectivity index (χ1) is 14.3. The van der Waals surface area contributed by atoms with Gasteiger partial charge >= 0.3 is 0 Å². The average Bonchev–Trinajstić information content (AvgIpc) is 3.27. The highest BCUT2D eigenvalue weighted by atomic mass is 16.5. The zero-order valence-corrected chi connectivity index (χ0v) is 16.5. The molecule has 1 saturated heterocycles. The van der Waals surface area contributed by atoms with Crippen LogP contribution < -0.4 is 10.3 Å². The van der Waals surface area contributed by atoms with E-state index in [1.807, 2.05) is 79.0 Å². The molecular formula is C25H26N2O2. The fourth-order valence-electron chi connectivity index (χ4n) is 3.57. The molecular weight excluding hydrogens is 360 g/mol. The minimum atomic E-state index is -0.0529. The van der Waals surface area contributed by atoms with Gasteiger partial charge in [0.1, 0.15) is 12.4 Å². The number of nitrogens with zero attached hydrogens (tertiary/aromatic N) is 2. The third kappa shape index (κ3) is 5.24. The van der Waals surface area contributed by atoms with Crippen LogP contribution in [0.2, 0.25) is 0 Å². The van der Waals surface area contributed by atoms with Crippen molar-refractivity contribution in [2.24, 2.45) is 0 Å². The summed E-state index contributed by atoms with van der Waals surface area (Å²) in [5.41, 5.74) is 2.78. The predicted octanol–water partition coefficient (Wildman–Crippen LogP) is 4.48. The third-order valence-electron chi connectivity index (χ3n) is 5.20. The van der Waals surface area contributed by atoms with Gasteiger partial charge in [-0.1, -0.05) is 42.5 Å². The molecule has 1 fully saturated rings. The van der Waals surface area contributed by atoms with Gasteiger partial charge in [-0.05, 0) is 67.4 Å². The van der Waals surface area contributed by atoms with Gasteiger partial charge in [0.15, 0.2) is 0 Å². The molecule has 1 aromatic heterocycles. The topological polar surface area (TPSA) is 34.5 Å². The van der Waals surface area contributed by atoms with Crippen molar-refractivity contribution in [2.75, 3.05) is 26.2 Å². The summed E-state index contributed by atoms with van der Waals surface area (Å²) in [5.74, 6) is 0.836. The second kappa shape index (κ2) is 9.39. The van der Waals surface area contributed by atoms with Crippen LogP contribution >= 0.6 is 0 Å². The number of rotatable bonds is 7. The summed E-state index contributed by atoms with van der Waals surface area (Å²) in [6.45, 7) is 4.03. The number of hydrogen-bond donors (Lipinski definition) is 0. The maximum absolute atomic E-state index is 12.5. The van der Waals surface area contributed by atoms with Gasteiger partial charge in [-0.25, -0.2) is 0 Å². The molecule has 0 atom stereocenters. The van der Waals surface area contributed by atoms with Gasteiger partial charge in [0.2, 0.25) is 0 Å². The van der Waals surface area contributed by atoms with E-state index in [1.54, 1.807) is 10.6 Å². The number of ether oxygens (including phenoxy) is 1. The molecule has 3 aromatic rings. The first kappa shape index (κ1) is 19.2. The molecule has 0 N–H and O–H groups in total. The van der Waals surface area contributed by atoms with E-state index in [4.69, 9.17) is 4.74 Å². The van der Waals surface area contributed by atoms with E-state index in [-0.39, 0.29) is 5.56 Å². The van der Waals surface area contributed by atoms with Gasteiger partial charge in [-0.2, -0.15) is 0 Å². The smallest absolute Gasteiger partial charge is 0.255 e. The molecule has 0 unspecified atom stereocenters. The summed E-state index contributed by atoms with van der Waals surface area (Å²) in [5, 5.41) is 0. The summed E-state index contributed by atoms with van der Waals surface area (Å²) in [6.07, 6.45) is 8.37. The lowest BCUT2D eigenvalue weighted by atomic mass is 10.1. The molecule has 148 valence electrons. The van der Waals surface area contributed by atoms with Crippen molar-refractivity contribution in [3.05, 3.63) is 94.4 Å². The highest BCUT2D eigenvalue weighted by Crippen LogP contribution is 2.15. The molecule has 1 aliphatic rings. The molecule has 0 radical (unpaired) electrons. The highest BCUT2D eigenvalue weighted by molar-refractivity contribution is 5.69. The largest absolute Gasteiger partial charge is 0.492 e. The predicted molar refractivity (Wildman–Crippen MR) is 119 cm³/mol. The van der Waals surface area contributed by atoms with Gasteiger partial charge in [-0.15, -0.1) is 0 Å². The molecule has 0 aliphatic carbocycles. The standard InChI is InChI=1S/C25H26N2O2/c28-25-20-22(9-8-21-6-2-1-3-7-21)14-17-27(25)23-10-12-24(13-11-23)29-19-18-26-15-4-5-16-26/h1-3,6-14,17,20H,4-5,15-16,18-19H2/b9-8+. The maximum Gasteiger partial charge on any atom is 0.255 e. The summed E-state index contributed by atoms with van der Waals surface area (Å²) in [4.78, 5) is 15.0. The van der Waals surface area contributed by atoms with Crippen molar-refractivity contribution in [2.45, 2.75) is 12.8 Å². The quantitative estimate of drug-likeness (QED) is 0.600. The highest BCUT2D eigenvalue weighted by Gasteiger charge is 2.10. The second-order valence-electron chi connectivity index (χ2n) is 7.30. The molecule has 2 heterocycles. The van der Waals surface area contributed by atoms with Gasteiger partial charge < -0.3 is 4.74 Å². The summed E-state index contributed by atoms with van der Waals surface area (Å²) < 4.78 is 7.49. The van der Waals surface area contributed by atoms with E-state index in [1.165, 1.54) is 25.9 Å². The van der Waals surface area contributed by atoms with E-state index >= 15 is 0 Å². The Morgan fingerprint density at radius 1 is 0.862 bits per heavy atom. The number of benzene rings is 2. The van der Waals surface area contributed by atoms with E-state index in [0.717, 1.165) is 29.1 Å². The van der Waals surface area contributed by atoms with Crippen molar-refractivity contribution in [3.63, 3.8) is 0 Å². The SMILES string of the molecule is O=c1cc(/C=C/c2ccccc2)ccn1-c1ccc(OCCN2CCCC2)cc1. The van der Waals surface area contributed by atoms with Gasteiger partial charge in [0.05, 0.1) is 0 Å². The molecule has 1 aliphatic heterocycles. The lowest BCUT2D eigenvalue weighted by molar-refractivity contribution is 0.238. The summed E-state index contributed by atoms with van der Waals surface area (Å²) in [7, 11) is 0. The Morgan fingerprint density at radius 3 is 2.31 bits per heavy atom. The van der Waals surface area contributed by atoms with Crippen LogP contribution in [0.5, 0.6) is 5.75 Å². The Bertz CT molecular complexity index is 1000. The van der Waals surface area contributed by atoms with Gasteiger partial charge in [0, 0.05) is 24.5 Å². The van der Waals surface area contributed by atoms with Crippen LogP contribution in [-0.2, 0) is 0 Å². The fourth-order valence-corrected chi connectivity index (χ4v) is 3.57. The molecule has 0 saturated carbocycles. The minimum Gasteiger partial charge on any atom is -0.492 e. The minimum absolute atomic E-state index is 0.0529. The molecule has 0 amide bonds. The van der Waals surface area contributed by atoms with E-state index in [2.05, 4.69) is 4.90 Å². The number of pyridine rings is 1. The van der Waals surface area contributed by atoms with E-state index < -0.39 is 0 Å². The summed E-state index contributed by atoms with van der Waals surface area (Å²) in [6, 6.07) is 21.3. The Morgan fingerprint density at radius 2 is 1.59 bits per heavy atom. The van der Waals surface area contributed by atoms with Crippen LogP contribution in [0.15, 0.2) is 77.7 Å². The monoisotopic (exact) mass is 386 g/mol. The van der Waals surface area contributed by atoms with Crippen molar-refractivity contribution >= 4 is 12.2 Å². The first-order valence-corrected chi connectivity index (χ1v) is 10.2. The van der Waals surface area contributed by atoms with Crippen LogP contribution in [0.1, 0.15) is 24.0 Å². The number of hydrogen-bond acceptors (Lipinski definition) is 3. The van der Waals surface area contributed by atoms with Crippen molar-refractivity contribution < 1.29 is 4.74 Å². The lowest BCUT2D eigenvalue weighted by Crippen LogP contribution is -2.25. The van der Waals surface area contributed by atoms with Crippen LogP contribution in [0, 0.1) is 0 Å². The molecule has 4 heteroatoms. The maximum atomic E-state index is 12.5. The van der Waals surface area contributed by atoms with Gasteiger partial charge in [-0.3, -0.25) is 14.3 Å². The van der Waals surface area contributed by atoms with Crippen LogP contribution in [0.25, 0.3) is 17.8 Å².